The Morgan fingerprint density at radius 2 is 1.97 bits per heavy atom. The van der Waals surface area contributed by atoms with Gasteiger partial charge in [0.25, 0.3) is 0 Å². The highest BCUT2D eigenvalue weighted by Crippen LogP contribution is 2.44. The summed E-state index contributed by atoms with van der Waals surface area (Å²) in [5, 5.41) is 12.8. The summed E-state index contributed by atoms with van der Waals surface area (Å²) < 4.78 is 19.2. The van der Waals surface area contributed by atoms with Crippen LogP contribution in [0.15, 0.2) is 36.7 Å². The van der Waals surface area contributed by atoms with Crippen molar-refractivity contribution >= 4 is 28.9 Å². The Labute approximate surface area is 183 Å². The van der Waals surface area contributed by atoms with Gasteiger partial charge in [-0.15, -0.1) is 0 Å². The molecule has 0 amide bonds. The summed E-state index contributed by atoms with van der Waals surface area (Å²) in [6.07, 6.45) is -1.07. The molecule has 2 aliphatic rings. The largest absolute Gasteiger partial charge is 0.479 e. The van der Waals surface area contributed by atoms with Crippen LogP contribution in [0.2, 0.25) is 0 Å². The van der Waals surface area contributed by atoms with E-state index in [1.165, 1.54) is 11.9 Å². The van der Waals surface area contributed by atoms with E-state index in [0.717, 1.165) is 6.42 Å². The lowest BCUT2D eigenvalue weighted by Crippen LogP contribution is -2.35. The van der Waals surface area contributed by atoms with E-state index in [2.05, 4.69) is 20.3 Å². The second kappa shape index (κ2) is 7.69. The molecule has 0 radical (unpaired) electrons. The Hall–Kier alpha value is -3.28. The average Bonchev–Trinajstić information content (AvgIpc) is 3.39. The number of fused-ring (bicyclic) bond motifs is 2. The lowest BCUT2D eigenvalue weighted by atomic mass is 10.1. The van der Waals surface area contributed by atoms with Gasteiger partial charge in [-0.3, -0.25) is 4.57 Å². The summed E-state index contributed by atoms with van der Waals surface area (Å²) in [5.41, 5.74) is 8.12. The highest BCUT2D eigenvalue weighted by molar-refractivity contribution is 5.83. The van der Waals surface area contributed by atoms with Crippen LogP contribution < -0.4 is 11.1 Å². The number of hydrogen-bond acceptors (Lipinski definition) is 9. The van der Waals surface area contributed by atoms with Gasteiger partial charge in [0.05, 0.1) is 6.33 Å². The van der Waals surface area contributed by atoms with E-state index in [1.807, 2.05) is 30.3 Å². The number of benzene rings is 1. The molecule has 2 fully saturated rings. The average molecular weight is 440 g/mol. The first-order valence-electron chi connectivity index (χ1n) is 10.3. The predicted octanol–water partition coefficient (Wildman–Crippen LogP) is 1.57. The number of nitrogen functional groups attached to an aromatic ring is 1. The van der Waals surface area contributed by atoms with E-state index in [4.69, 9.17) is 19.9 Å². The van der Waals surface area contributed by atoms with Crippen LogP contribution in [-0.4, -0.2) is 61.2 Å². The number of aliphatic carboxylic acids is 1. The number of hydrogen-bond donors (Lipinski definition) is 3. The van der Waals surface area contributed by atoms with Crippen LogP contribution in [0.25, 0.3) is 11.2 Å². The lowest BCUT2D eigenvalue weighted by molar-refractivity contribution is -0.202. The Bertz CT molecular complexity index is 1150. The van der Waals surface area contributed by atoms with Crippen molar-refractivity contribution in [1.82, 2.24) is 19.5 Å². The van der Waals surface area contributed by atoms with Crippen LogP contribution in [0.4, 0.5) is 11.8 Å². The van der Waals surface area contributed by atoms with Crippen LogP contribution in [0, 0.1) is 0 Å². The molecule has 3 aromatic rings. The summed E-state index contributed by atoms with van der Waals surface area (Å²) in [5.74, 6) is -1.49. The second-order valence-electron chi connectivity index (χ2n) is 8.27. The fraction of sp³-hybridized carbons (Fsp3) is 0.429. The monoisotopic (exact) mass is 440 g/mol. The van der Waals surface area contributed by atoms with E-state index in [1.54, 1.807) is 18.4 Å². The van der Waals surface area contributed by atoms with Crippen molar-refractivity contribution in [2.75, 3.05) is 17.6 Å². The maximum atomic E-state index is 11.7. The van der Waals surface area contributed by atoms with Crippen molar-refractivity contribution in [2.24, 2.45) is 0 Å². The third-order valence-electron chi connectivity index (χ3n) is 5.53. The molecule has 2 aromatic heterocycles. The molecule has 4 heterocycles. The van der Waals surface area contributed by atoms with E-state index < -0.39 is 36.3 Å². The van der Waals surface area contributed by atoms with Gasteiger partial charge >= 0.3 is 5.97 Å². The SMILES string of the molecule is CC1(C)O[C@@H]2[C@H](O1)[C@@H](C(=O)O)O[C@H]2n1cnc2c(N)nc(NCCc3ccccc3)nc21. The molecule has 1 aromatic carbocycles. The predicted molar refractivity (Wildman–Crippen MR) is 114 cm³/mol. The van der Waals surface area contributed by atoms with Gasteiger partial charge in [-0.2, -0.15) is 9.97 Å². The highest BCUT2D eigenvalue weighted by Gasteiger charge is 2.58. The minimum absolute atomic E-state index is 0.212. The molecule has 4 atom stereocenters. The molecule has 2 saturated heterocycles. The molecule has 11 heteroatoms. The number of carbonyl (C=O) groups is 1. The molecule has 2 aliphatic heterocycles. The molecule has 32 heavy (non-hydrogen) atoms. The van der Waals surface area contributed by atoms with Gasteiger partial charge < -0.3 is 30.4 Å². The number of anilines is 2. The highest BCUT2D eigenvalue weighted by atomic mass is 16.8. The van der Waals surface area contributed by atoms with Crippen molar-refractivity contribution in [1.29, 1.82) is 0 Å². The molecule has 0 bridgehead atoms. The molecular weight excluding hydrogens is 416 g/mol. The summed E-state index contributed by atoms with van der Waals surface area (Å²) in [7, 11) is 0. The number of imidazole rings is 1. The van der Waals surface area contributed by atoms with E-state index in [-0.39, 0.29) is 5.82 Å². The van der Waals surface area contributed by atoms with Crippen LogP contribution in [0.1, 0.15) is 25.6 Å². The van der Waals surface area contributed by atoms with E-state index in [9.17, 15) is 9.90 Å². The maximum absolute atomic E-state index is 11.7. The maximum Gasteiger partial charge on any atom is 0.335 e. The van der Waals surface area contributed by atoms with E-state index in [0.29, 0.717) is 23.7 Å². The number of nitrogens with zero attached hydrogens (tertiary/aromatic N) is 4. The minimum atomic E-state index is -1.17. The van der Waals surface area contributed by atoms with Crippen molar-refractivity contribution in [2.45, 2.75) is 50.6 Å². The first-order valence-corrected chi connectivity index (χ1v) is 10.3. The first-order chi connectivity index (χ1) is 15.3. The van der Waals surface area contributed by atoms with Crippen molar-refractivity contribution in [3.05, 3.63) is 42.2 Å². The normalized spacial score (nSPS) is 26.3. The van der Waals surface area contributed by atoms with Gasteiger partial charge in [0.1, 0.15) is 17.7 Å². The standard InChI is InChI=1S/C21H24N6O5/c1-21(2)31-13-14(32-21)18(30-15(13)19(28)29)27-10-24-12-16(22)25-20(26-17(12)27)23-9-8-11-6-4-3-5-7-11/h3-7,10,13-15,18H,8-9H2,1-2H3,(H,28,29)(H3,22,23,25,26)/t13-,14+,15-,18+/m0/s1. The number of carboxylic acids is 1. The molecular formula is C21H24N6O5. The molecule has 0 saturated carbocycles. The van der Waals surface area contributed by atoms with Crippen molar-refractivity contribution in [3.8, 4) is 0 Å². The van der Waals surface area contributed by atoms with Crippen LogP contribution in [0.3, 0.4) is 0 Å². The molecule has 168 valence electrons. The Balaban J connectivity index is 1.42. The summed E-state index contributed by atoms with van der Waals surface area (Å²) in [4.78, 5) is 24.9. The fourth-order valence-corrected chi connectivity index (χ4v) is 4.17. The Kier molecular flexibility index (Phi) is 4.96. The smallest absolute Gasteiger partial charge is 0.335 e. The third-order valence-corrected chi connectivity index (χ3v) is 5.53. The quantitative estimate of drug-likeness (QED) is 0.516. The minimum Gasteiger partial charge on any atom is -0.479 e. The van der Waals surface area contributed by atoms with Gasteiger partial charge in [-0.1, -0.05) is 30.3 Å². The van der Waals surface area contributed by atoms with Gasteiger partial charge in [-0.25, -0.2) is 9.78 Å². The van der Waals surface area contributed by atoms with E-state index >= 15 is 0 Å². The molecule has 0 aliphatic carbocycles. The first kappa shape index (κ1) is 20.6. The third kappa shape index (κ3) is 3.64. The zero-order valence-electron chi connectivity index (χ0n) is 17.6. The van der Waals surface area contributed by atoms with Crippen molar-refractivity contribution < 1.29 is 24.1 Å². The zero-order chi connectivity index (χ0) is 22.5. The number of ether oxygens (including phenoxy) is 3. The number of aromatic nitrogens is 4. The zero-order valence-corrected chi connectivity index (χ0v) is 17.6. The van der Waals surface area contributed by atoms with Crippen LogP contribution in [-0.2, 0) is 25.4 Å². The molecule has 4 N–H and O–H groups in total. The number of nitrogens with two attached hydrogens (primary N) is 1. The summed E-state index contributed by atoms with van der Waals surface area (Å²) >= 11 is 0. The van der Waals surface area contributed by atoms with Gasteiger partial charge in [0, 0.05) is 6.54 Å². The topological polar surface area (TPSA) is 147 Å². The summed E-state index contributed by atoms with van der Waals surface area (Å²) in [6, 6.07) is 10.0. The number of carboxylic acid groups (broad SMARTS) is 1. The molecule has 11 nitrogen and oxygen atoms in total. The van der Waals surface area contributed by atoms with Gasteiger partial charge in [-0.05, 0) is 25.8 Å². The molecule has 5 rings (SSSR count). The fourth-order valence-electron chi connectivity index (χ4n) is 4.17. The van der Waals surface area contributed by atoms with Crippen LogP contribution in [0.5, 0.6) is 0 Å². The van der Waals surface area contributed by atoms with Gasteiger partial charge in [0.15, 0.2) is 29.6 Å². The molecule has 0 unspecified atom stereocenters. The Morgan fingerprint density at radius 3 is 2.72 bits per heavy atom. The van der Waals surface area contributed by atoms with Gasteiger partial charge in [0.2, 0.25) is 5.95 Å². The van der Waals surface area contributed by atoms with Crippen molar-refractivity contribution in [3.63, 3.8) is 0 Å². The lowest BCUT2D eigenvalue weighted by Gasteiger charge is -2.23. The molecule has 0 spiro atoms. The van der Waals surface area contributed by atoms with Crippen LogP contribution >= 0.6 is 0 Å². The second-order valence-corrected chi connectivity index (χ2v) is 8.27. The Morgan fingerprint density at radius 1 is 1.22 bits per heavy atom. The number of nitrogens with one attached hydrogen (secondary N) is 1. The number of rotatable bonds is 6. The summed E-state index contributed by atoms with van der Waals surface area (Å²) in [6.45, 7) is 4.09.